The van der Waals surface area contributed by atoms with Crippen LogP contribution in [0.1, 0.15) is 5.56 Å². The standard InChI is InChI=1S/C18H15Cl2IN2O6/c1-27-15-5-10(4-13(21)18(15)29-9-17(25)26)7-22-23-16(24)8-28-14-3-2-11(19)6-12(14)20/h2-7H,8-9H2,1H3,(H,23,24)(H,25,26)/b22-7+. The lowest BCUT2D eigenvalue weighted by Crippen LogP contribution is -2.24. The summed E-state index contributed by atoms with van der Waals surface area (Å²) >= 11 is 13.7. The Morgan fingerprint density at radius 3 is 2.59 bits per heavy atom. The molecule has 0 aliphatic rings. The number of carboxylic acids is 1. The number of hydrogen-bond acceptors (Lipinski definition) is 6. The number of carbonyl (C=O) groups is 2. The first-order valence-electron chi connectivity index (χ1n) is 7.92. The Morgan fingerprint density at radius 1 is 1.17 bits per heavy atom. The van der Waals surface area contributed by atoms with Crippen LogP contribution in [-0.2, 0) is 9.59 Å². The van der Waals surface area contributed by atoms with E-state index < -0.39 is 18.5 Å². The minimum atomic E-state index is -1.10. The lowest BCUT2D eigenvalue weighted by atomic mass is 10.2. The van der Waals surface area contributed by atoms with Crippen LogP contribution in [0.5, 0.6) is 17.2 Å². The average molecular weight is 553 g/mol. The van der Waals surface area contributed by atoms with Gasteiger partial charge in [-0.05, 0) is 58.5 Å². The van der Waals surface area contributed by atoms with Gasteiger partial charge in [0.15, 0.2) is 24.7 Å². The van der Waals surface area contributed by atoms with Crippen molar-refractivity contribution in [2.75, 3.05) is 20.3 Å². The molecule has 11 heteroatoms. The molecule has 0 aliphatic heterocycles. The molecule has 0 spiro atoms. The van der Waals surface area contributed by atoms with Crippen LogP contribution >= 0.6 is 45.8 Å². The van der Waals surface area contributed by atoms with E-state index in [-0.39, 0.29) is 6.61 Å². The number of hydrazone groups is 1. The molecule has 154 valence electrons. The molecule has 2 aromatic carbocycles. The summed E-state index contributed by atoms with van der Waals surface area (Å²) in [7, 11) is 1.43. The number of ether oxygens (including phenoxy) is 3. The van der Waals surface area contributed by atoms with Gasteiger partial charge in [0.25, 0.3) is 5.91 Å². The third kappa shape index (κ3) is 7.26. The molecule has 0 unspecified atom stereocenters. The number of methoxy groups -OCH3 is 1. The normalized spacial score (nSPS) is 10.6. The summed E-state index contributed by atoms with van der Waals surface area (Å²) in [5.74, 6) is -0.614. The Balaban J connectivity index is 1.95. The van der Waals surface area contributed by atoms with Crippen LogP contribution in [-0.4, -0.2) is 43.5 Å². The Morgan fingerprint density at radius 2 is 1.93 bits per heavy atom. The van der Waals surface area contributed by atoms with E-state index in [1.165, 1.54) is 19.4 Å². The monoisotopic (exact) mass is 552 g/mol. The Hall–Kier alpha value is -2.24. The zero-order valence-electron chi connectivity index (χ0n) is 14.9. The van der Waals surface area contributed by atoms with Crippen molar-refractivity contribution in [3.63, 3.8) is 0 Å². The molecule has 2 aromatic rings. The van der Waals surface area contributed by atoms with Crippen molar-refractivity contribution in [3.05, 3.63) is 49.5 Å². The second-order valence-electron chi connectivity index (χ2n) is 5.37. The van der Waals surface area contributed by atoms with E-state index in [2.05, 4.69) is 10.5 Å². The van der Waals surface area contributed by atoms with Gasteiger partial charge < -0.3 is 19.3 Å². The first-order valence-corrected chi connectivity index (χ1v) is 9.75. The molecule has 0 saturated heterocycles. The summed E-state index contributed by atoms with van der Waals surface area (Å²) in [6, 6.07) is 7.95. The highest BCUT2D eigenvalue weighted by atomic mass is 127. The maximum Gasteiger partial charge on any atom is 0.341 e. The number of halogens is 3. The number of nitrogens with zero attached hydrogens (tertiary/aromatic N) is 1. The SMILES string of the molecule is COc1cc(/C=N/NC(=O)COc2ccc(Cl)cc2Cl)cc(I)c1OCC(=O)O. The van der Waals surface area contributed by atoms with E-state index in [0.717, 1.165) is 0 Å². The number of benzene rings is 2. The highest BCUT2D eigenvalue weighted by molar-refractivity contribution is 14.1. The van der Waals surface area contributed by atoms with Crippen LogP contribution in [0, 0.1) is 3.57 Å². The number of aliphatic carboxylic acids is 1. The molecule has 2 N–H and O–H groups in total. The molecule has 0 aromatic heterocycles. The minimum absolute atomic E-state index is 0.290. The summed E-state index contributed by atoms with van der Waals surface area (Å²) in [4.78, 5) is 22.5. The van der Waals surface area contributed by atoms with Crippen molar-refractivity contribution in [3.8, 4) is 17.2 Å². The quantitative estimate of drug-likeness (QED) is 0.280. The van der Waals surface area contributed by atoms with E-state index in [4.69, 9.17) is 42.5 Å². The largest absolute Gasteiger partial charge is 0.493 e. The first kappa shape index (κ1) is 23.0. The molecule has 0 aliphatic carbocycles. The van der Waals surface area contributed by atoms with Gasteiger partial charge in [-0.25, -0.2) is 10.2 Å². The van der Waals surface area contributed by atoms with Crippen LogP contribution in [0.2, 0.25) is 10.0 Å². The summed E-state index contributed by atoms with van der Waals surface area (Å²) in [5, 5.41) is 13.4. The summed E-state index contributed by atoms with van der Waals surface area (Å²) in [6.07, 6.45) is 1.40. The van der Waals surface area contributed by atoms with Crippen LogP contribution in [0.3, 0.4) is 0 Å². The van der Waals surface area contributed by atoms with Gasteiger partial charge in [0.1, 0.15) is 5.75 Å². The zero-order valence-corrected chi connectivity index (χ0v) is 18.6. The molecule has 0 fully saturated rings. The predicted octanol–water partition coefficient (Wildman–Crippen LogP) is 3.60. The van der Waals surface area contributed by atoms with Crippen molar-refractivity contribution >= 4 is 63.9 Å². The van der Waals surface area contributed by atoms with Gasteiger partial charge in [-0.1, -0.05) is 23.2 Å². The Labute approximate surface area is 189 Å². The fourth-order valence-electron chi connectivity index (χ4n) is 2.03. The molecule has 0 radical (unpaired) electrons. The van der Waals surface area contributed by atoms with Gasteiger partial charge in [-0.2, -0.15) is 5.10 Å². The highest BCUT2D eigenvalue weighted by Crippen LogP contribution is 2.33. The predicted molar refractivity (Wildman–Crippen MR) is 117 cm³/mol. The number of carbonyl (C=O) groups excluding carboxylic acids is 1. The number of rotatable bonds is 9. The van der Waals surface area contributed by atoms with E-state index in [0.29, 0.717) is 36.4 Å². The van der Waals surface area contributed by atoms with E-state index >= 15 is 0 Å². The summed E-state index contributed by atoms with van der Waals surface area (Å²) in [5.41, 5.74) is 2.94. The fraction of sp³-hybridized carbons (Fsp3) is 0.167. The number of amides is 1. The number of hydrogen-bond donors (Lipinski definition) is 2. The Bertz CT molecular complexity index is 939. The molecular formula is C18H15Cl2IN2O6. The van der Waals surface area contributed by atoms with Gasteiger partial charge in [-0.15, -0.1) is 0 Å². The van der Waals surface area contributed by atoms with E-state index in [1.54, 1.807) is 24.3 Å². The lowest BCUT2D eigenvalue weighted by molar-refractivity contribution is -0.139. The van der Waals surface area contributed by atoms with Crippen LogP contribution in [0.25, 0.3) is 0 Å². The molecular weight excluding hydrogens is 538 g/mol. The van der Waals surface area contributed by atoms with Gasteiger partial charge in [0.05, 0.1) is 21.9 Å². The highest BCUT2D eigenvalue weighted by Gasteiger charge is 2.13. The third-order valence-corrected chi connectivity index (χ3v) is 4.58. The van der Waals surface area contributed by atoms with Crippen molar-refractivity contribution in [1.82, 2.24) is 5.43 Å². The van der Waals surface area contributed by atoms with Crippen LogP contribution in [0.4, 0.5) is 0 Å². The van der Waals surface area contributed by atoms with Crippen LogP contribution in [0.15, 0.2) is 35.4 Å². The van der Waals surface area contributed by atoms with Crippen molar-refractivity contribution in [2.45, 2.75) is 0 Å². The lowest BCUT2D eigenvalue weighted by Gasteiger charge is -2.12. The molecule has 0 bridgehead atoms. The topological polar surface area (TPSA) is 106 Å². The van der Waals surface area contributed by atoms with Gasteiger partial charge in [0.2, 0.25) is 0 Å². The average Bonchev–Trinajstić information content (AvgIpc) is 2.65. The Kier molecular flexibility index (Phi) is 8.80. The molecule has 0 atom stereocenters. The molecule has 1 amide bonds. The third-order valence-electron chi connectivity index (χ3n) is 3.25. The molecule has 0 saturated carbocycles. The molecule has 0 heterocycles. The first-order chi connectivity index (χ1) is 13.8. The maximum atomic E-state index is 11.9. The number of nitrogens with one attached hydrogen (secondary N) is 1. The van der Waals surface area contributed by atoms with Crippen molar-refractivity contribution in [2.24, 2.45) is 5.10 Å². The van der Waals surface area contributed by atoms with E-state index in [9.17, 15) is 9.59 Å². The second kappa shape index (κ2) is 11.1. The van der Waals surface area contributed by atoms with Gasteiger partial charge >= 0.3 is 5.97 Å². The van der Waals surface area contributed by atoms with Crippen molar-refractivity contribution < 1.29 is 28.9 Å². The number of carboxylic acid groups (broad SMARTS) is 1. The van der Waals surface area contributed by atoms with Crippen LogP contribution < -0.4 is 19.6 Å². The summed E-state index contributed by atoms with van der Waals surface area (Å²) < 4.78 is 16.4. The smallest absolute Gasteiger partial charge is 0.341 e. The van der Waals surface area contributed by atoms with Crippen molar-refractivity contribution in [1.29, 1.82) is 0 Å². The summed E-state index contributed by atoms with van der Waals surface area (Å²) in [6.45, 7) is -0.783. The zero-order chi connectivity index (χ0) is 21.4. The van der Waals surface area contributed by atoms with Gasteiger partial charge in [0, 0.05) is 5.02 Å². The molecule has 8 nitrogen and oxygen atoms in total. The second-order valence-corrected chi connectivity index (χ2v) is 7.38. The van der Waals surface area contributed by atoms with Gasteiger partial charge in [-0.3, -0.25) is 4.79 Å². The minimum Gasteiger partial charge on any atom is -0.493 e. The molecule has 2 rings (SSSR count). The fourth-order valence-corrected chi connectivity index (χ4v) is 3.28. The molecule has 29 heavy (non-hydrogen) atoms. The van der Waals surface area contributed by atoms with E-state index in [1.807, 2.05) is 22.6 Å². The maximum absolute atomic E-state index is 11.9.